The average Bonchev–Trinajstić information content (AvgIpc) is 3.53. The third-order valence-corrected chi connectivity index (χ3v) is 8.03. The molecule has 9 heteroatoms. The second-order valence-electron chi connectivity index (χ2n) is 8.35. The molecule has 0 amide bonds. The Hall–Kier alpha value is -1.64. The Morgan fingerprint density at radius 2 is 1.81 bits per heavy atom. The van der Waals surface area contributed by atoms with Crippen LogP contribution in [0.4, 0.5) is 0 Å². The van der Waals surface area contributed by atoms with Crippen molar-refractivity contribution in [1.29, 1.82) is 0 Å². The minimum Gasteiger partial charge on any atom is -0.494 e. The summed E-state index contributed by atoms with van der Waals surface area (Å²) < 4.78 is 33.8. The van der Waals surface area contributed by atoms with Crippen LogP contribution in [0.15, 0.2) is 47.4 Å². The molecular formula is C23H26Cl2N2O4S. The van der Waals surface area contributed by atoms with Gasteiger partial charge >= 0.3 is 0 Å². The lowest BCUT2D eigenvalue weighted by atomic mass is 10.1. The number of nitrogens with zero attached hydrogens (tertiary/aromatic N) is 1. The van der Waals surface area contributed by atoms with Crippen LogP contribution in [-0.4, -0.2) is 51.4 Å². The normalized spacial score (nSPS) is 19.2. The summed E-state index contributed by atoms with van der Waals surface area (Å²) in [7, 11) is -3.65. The number of hydrogen-bond acceptors (Lipinski definition) is 5. The highest BCUT2D eigenvalue weighted by atomic mass is 35.5. The van der Waals surface area contributed by atoms with Crippen molar-refractivity contribution in [1.82, 2.24) is 9.62 Å². The van der Waals surface area contributed by atoms with Crippen LogP contribution in [0, 0.1) is 5.92 Å². The van der Waals surface area contributed by atoms with Gasteiger partial charge < -0.3 is 9.64 Å². The SMILES string of the molecule is O=C(c1ccc(OCCCN2CC[C@@H](NS(=O)(=O)c3ccc(Cl)c(Cl)c3)C2)cc1)C1CC1. The standard InChI is InChI=1S/C23H26Cl2N2O4S/c24-21-9-8-20(14-22(21)25)32(29,30)26-18-10-12-27(15-18)11-1-13-31-19-6-4-17(5-7-19)23(28)16-2-3-16/h4-9,14,16,18,26H,1-3,10-13,15H2/t18-/m1/s1. The lowest BCUT2D eigenvalue weighted by molar-refractivity contribution is 0.0967. The minimum absolute atomic E-state index is 0.114. The van der Waals surface area contributed by atoms with Crippen molar-refractivity contribution in [3.8, 4) is 5.75 Å². The Morgan fingerprint density at radius 1 is 1.06 bits per heavy atom. The van der Waals surface area contributed by atoms with Crippen LogP contribution in [0.3, 0.4) is 0 Å². The molecule has 1 N–H and O–H groups in total. The lowest BCUT2D eigenvalue weighted by Crippen LogP contribution is -2.37. The second-order valence-corrected chi connectivity index (χ2v) is 10.9. The summed E-state index contributed by atoms with van der Waals surface area (Å²) in [4.78, 5) is 14.4. The zero-order valence-electron chi connectivity index (χ0n) is 17.6. The van der Waals surface area contributed by atoms with Gasteiger partial charge in [-0.05, 0) is 74.7 Å². The molecule has 2 fully saturated rings. The fourth-order valence-electron chi connectivity index (χ4n) is 3.84. The van der Waals surface area contributed by atoms with Crippen LogP contribution in [0.25, 0.3) is 0 Å². The van der Waals surface area contributed by atoms with E-state index in [1.807, 2.05) is 24.3 Å². The van der Waals surface area contributed by atoms with Crippen molar-refractivity contribution >= 4 is 39.0 Å². The number of ketones is 1. The second kappa shape index (κ2) is 10.1. The Labute approximate surface area is 198 Å². The van der Waals surface area contributed by atoms with Gasteiger partial charge in [0, 0.05) is 30.6 Å². The topological polar surface area (TPSA) is 75.7 Å². The lowest BCUT2D eigenvalue weighted by Gasteiger charge is -2.17. The third-order valence-electron chi connectivity index (χ3n) is 5.77. The first-order valence-electron chi connectivity index (χ1n) is 10.8. The molecule has 4 rings (SSSR count). The predicted molar refractivity (Wildman–Crippen MR) is 125 cm³/mol. The number of hydrogen-bond donors (Lipinski definition) is 1. The van der Waals surface area contributed by atoms with Crippen LogP contribution in [0.5, 0.6) is 5.75 Å². The van der Waals surface area contributed by atoms with Gasteiger partial charge in [0.05, 0.1) is 21.5 Å². The first-order chi connectivity index (χ1) is 15.3. The molecule has 0 unspecified atom stereocenters. The maximum Gasteiger partial charge on any atom is 0.240 e. The molecule has 1 saturated heterocycles. The monoisotopic (exact) mass is 496 g/mol. The Bertz CT molecular complexity index is 1070. The minimum atomic E-state index is -3.65. The number of sulfonamides is 1. The van der Waals surface area contributed by atoms with Crippen LogP contribution < -0.4 is 9.46 Å². The van der Waals surface area contributed by atoms with Gasteiger partial charge in [-0.15, -0.1) is 0 Å². The predicted octanol–water partition coefficient (Wildman–Crippen LogP) is 4.41. The molecule has 1 atom stereocenters. The molecule has 1 aliphatic heterocycles. The van der Waals surface area contributed by atoms with Crippen molar-refractivity contribution in [2.75, 3.05) is 26.2 Å². The van der Waals surface area contributed by atoms with E-state index >= 15 is 0 Å². The molecule has 32 heavy (non-hydrogen) atoms. The van der Waals surface area contributed by atoms with Gasteiger partial charge in [0.25, 0.3) is 0 Å². The summed E-state index contributed by atoms with van der Waals surface area (Å²) in [6.45, 7) is 2.86. The molecule has 2 aliphatic rings. The first-order valence-corrected chi connectivity index (χ1v) is 13.0. The van der Waals surface area contributed by atoms with Crippen molar-refractivity contribution in [2.24, 2.45) is 5.92 Å². The average molecular weight is 497 g/mol. The number of ether oxygens (including phenoxy) is 1. The number of benzene rings is 2. The van der Waals surface area contributed by atoms with Gasteiger partial charge in [-0.25, -0.2) is 13.1 Å². The Balaban J connectivity index is 1.18. The van der Waals surface area contributed by atoms with E-state index in [9.17, 15) is 13.2 Å². The summed E-state index contributed by atoms with van der Waals surface area (Å²) in [6.07, 6.45) is 3.59. The Morgan fingerprint density at radius 3 is 2.50 bits per heavy atom. The van der Waals surface area contributed by atoms with E-state index in [0.29, 0.717) is 18.2 Å². The van der Waals surface area contributed by atoms with E-state index < -0.39 is 10.0 Å². The third kappa shape index (κ3) is 6.02. The van der Waals surface area contributed by atoms with Crippen LogP contribution in [0.1, 0.15) is 36.0 Å². The number of Topliss-reactive ketones (excluding diaryl/α,β-unsaturated/α-hetero) is 1. The number of rotatable bonds is 10. The van der Waals surface area contributed by atoms with Crippen LogP contribution in [-0.2, 0) is 10.0 Å². The quantitative estimate of drug-likeness (QED) is 0.389. The highest BCUT2D eigenvalue weighted by molar-refractivity contribution is 7.89. The fourth-order valence-corrected chi connectivity index (χ4v) is 5.49. The van der Waals surface area contributed by atoms with E-state index in [2.05, 4.69) is 9.62 Å². The maximum atomic E-state index is 12.6. The molecule has 2 aromatic rings. The van der Waals surface area contributed by atoms with E-state index in [1.165, 1.54) is 18.2 Å². The summed E-state index contributed by atoms with van der Waals surface area (Å²) in [5.41, 5.74) is 0.756. The largest absolute Gasteiger partial charge is 0.494 e. The molecule has 0 bridgehead atoms. The Kier molecular flexibility index (Phi) is 7.42. The number of carbonyl (C=O) groups is 1. The van der Waals surface area contributed by atoms with Crippen molar-refractivity contribution in [2.45, 2.75) is 36.6 Å². The van der Waals surface area contributed by atoms with Gasteiger partial charge in [-0.3, -0.25) is 4.79 Å². The zero-order valence-corrected chi connectivity index (χ0v) is 19.9. The summed E-state index contributed by atoms with van der Waals surface area (Å²) in [5, 5.41) is 0.536. The number of likely N-dealkylation sites (tertiary alicyclic amines) is 1. The molecule has 2 aromatic carbocycles. The summed E-state index contributed by atoms with van der Waals surface area (Å²) in [6, 6.07) is 11.5. The molecule has 1 heterocycles. The highest BCUT2D eigenvalue weighted by Crippen LogP contribution is 2.33. The molecule has 6 nitrogen and oxygen atoms in total. The van der Waals surface area contributed by atoms with Crippen molar-refractivity contribution in [3.05, 3.63) is 58.1 Å². The van der Waals surface area contributed by atoms with E-state index in [-0.39, 0.29) is 27.7 Å². The molecule has 0 radical (unpaired) electrons. The van der Waals surface area contributed by atoms with Gasteiger partial charge in [0.2, 0.25) is 10.0 Å². The maximum absolute atomic E-state index is 12.6. The van der Waals surface area contributed by atoms with Crippen molar-refractivity contribution < 1.29 is 17.9 Å². The molecular weight excluding hydrogens is 471 g/mol. The first kappa shape index (κ1) is 23.5. The summed E-state index contributed by atoms with van der Waals surface area (Å²) in [5.74, 6) is 1.21. The van der Waals surface area contributed by atoms with E-state index in [1.54, 1.807) is 0 Å². The fraction of sp³-hybridized carbons (Fsp3) is 0.435. The van der Waals surface area contributed by atoms with E-state index in [0.717, 1.165) is 50.1 Å². The molecule has 172 valence electrons. The number of carbonyl (C=O) groups excluding carboxylic acids is 1. The molecule has 0 aromatic heterocycles. The summed E-state index contributed by atoms with van der Waals surface area (Å²) >= 11 is 11.8. The van der Waals surface area contributed by atoms with Gasteiger partial charge in [0.15, 0.2) is 5.78 Å². The van der Waals surface area contributed by atoms with Gasteiger partial charge in [0.1, 0.15) is 5.75 Å². The molecule has 0 spiro atoms. The smallest absolute Gasteiger partial charge is 0.240 e. The van der Waals surface area contributed by atoms with Crippen molar-refractivity contribution in [3.63, 3.8) is 0 Å². The van der Waals surface area contributed by atoms with Gasteiger partial charge in [-0.2, -0.15) is 0 Å². The zero-order chi connectivity index (χ0) is 22.7. The van der Waals surface area contributed by atoms with Crippen LogP contribution >= 0.6 is 23.2 Å². The highest BCUT2D eigenvalue weighted by Gasteiger charge is 2.30. The van der Waals surface area contributed by atoms with E-state index in [4.69, 9.17) is 27.9 Å². The number of nitrogens with one attached hydrogen (secondary N) is 1. The molecule has 1 aliphatic carbocycles. The van der Waals surface area contributed by atoms with Crippen LogP contribution in [0.2, 0.25) is 10.0 Å². The number of halogens is 2. The molecule has 1 saturated carbocycles. The van der Waals surface area contributed by atoms with Gasteiger partial charge in [-0.1, -0.05) is 23.2 Å².